The van der Waals surface area contributed by atoms with Gasteiger partial charge in [0.1, 0.15) is 0 Å². The molecule has 0 aromatic heterocycles. The van der Waals surface area contributed by atoms with Gasteiger partial charge in [-0.2, -0.15) is 0 Å². The molecule has 4 nitrogen and oxygen atoms in total. The van der Waals surface area contributed by atoms with Crippen molar-refractivity contribution in [2.75, 3.05) is 20.2 Å². The fourth-order valence-electron chi connectivity index (χ4n) is 3.23. The Balaban J connectivity index is 1.90. The first-order valence-corrected chi connectivity index (χ1v) is 6.75. The zero-order chi connectivity index (χ0) is 12.3. The van der Waals surface area contributed by atoms with Crippen molar-refractivity contribution in [1.82, 2.24) is 10.6 Å². The van der Waals surface area contributed by atoms with E-state index in [2.05, 4.69) is 17.6 Å². The van der Waals surface area contributed by atoms with Crippen LogP contribution in [0.3, 0.4) is 0 Å². The van der Waals surface area contributed by atoms with Crippen LogP contribution >= 0.6 is 0 Å². The van der Waals surface area contributed by atoms with E-state index in [9.17, 15) is 4.79 Å². The maximum absolute atomic E-state index is 11.6. The van der Waals surface area contributed by atoms with Crippen molar-refractivity contribution in [2.45, 2.75) is 44.7 Å². The zero-order valence-electron chi connectivity index (χ0n) is 10.9. The molecule has 0 amide bonds. The van der Waals surface area contributed by atoms with Crippen LogP contribution in [-0.4, -0.2) is 38.3 Å². The first-order valence-electron chi connectivity index (χ1n) is 6.75. The van der Waals surface area contributed by atoms with Crippen molar-refractivity contribution in [1.29, 1.82) is 0 Å². The van der Waals surface area contributed by atoms with Crippen LogP contribution in [0.25, 0.3) is 0 Å². The third-order valence-corrected chi connectivity index (χ3v) is 4.21. The van der Waals surface area contributed by atoms with E-state index in [1.54, 1.807) is 0 Å². The molecule has 4 atom stereocenters. The zero-order valence-corrected chi connectivity index (χ0v) is 10.9. The molecule has 2 rings (SSSR count). The number of piperidine rings is 2. The molecule has 2 fully saturated rings. The summed E-state index contributed by atoms with van der Waals surface area (Å²) in [5.41, 5.74) is 0. The number of carbonyl (C=O) groups excluding carboxylic acids is 1. The second-order valence-electron chi connectivity index (χ2n) is 5.44. The van der Waals surface area contributed by atoms with Crippen molar-refractivity contribution < 1.29 is 9.53 Å². The molecule has 0 aliphatic carbocycles. The van der Waals surface area contributed by atoms with Gasteiger partial charge in [0.25, 0.3) is 0 Å². The number of ether oxygens (including phenoxy) is 1. The van der Waals surface area contributed by atoms with Gasteiger partial charge in [0.15, 0.2) is 0 Å². The third-order valence-electron chi connectivity index (χ3n) is 4.21. The van der Waals surface area contributed by atoms with Gasteiger partial charge in [0.05, 0.1) is 13.0 Å². The number of esters is 1. The molecular formula is C13H24N2O2. The highest BCUT2D eigenvalue weighted by molar-refractivity contribution is 5.72. The highest BCUT2D eigenvalue weighted by atomic mass is 16.5. The highest BCUT2D eigenvalue weighted by Crippen LogP contribution is 2.28. The summed E-state index contributed by atoms with van der Waals surface area (Å²) in [6, 6.07) is 1.10. The lowest BCUT2D eigenvalue weighted by molar-refractivity contribution is -0.146. The van der Waals surface area contributed by atoms with Gasteiger partial charge in [-0.15, -0.1) is 0 Å². The Morgan fingerprint density at radius 2 is 1.94 bits per heavy atom. The second-order valence-corrected chi connectivity index (χ2v) is 5.44. The topological polar surface area (TPSA) is 50.4 Å². The van der Waals surface area contributed by atoms with Crippen LogP contribution in [0.2, 0.25) is 0 Å². The fourth-order valence-corrected chi connectivity index (χ4v) is 3.23. The average molecular weight is 240 g/mol. The van der Waals surface area contributed by atoms with Crippen molar-refractivity contribution in [3.8, 4) is 0 Å². The van der Waals surface area contributed by atoms with Gasteiger partial charge in [0.2, 0.25) is 0 Å². The average Bonchev–Trinajstić information content (AvgIpc) is 2.38. The number of nitrogens with one attached hydrogen (secondary N) is 2. The quantitative estimate of drug-likeness (QED) is 0.705. The molecule has 2 heterocycles. The number of hydrogen-bond acceptors (Lipinski definition) is 4. The summed E-state index contributed by atoms with van der Waals surface area (Å²) in [7, 11) is 1.49. The molecule has 0 radical (unpaired) electrons. The predicted molar refractivity (Wildman–Crippen MR) is 66.7 cm³/mol. The summed E-state index contributed by atoms with van der Waals surface area (Å²) in [4.78, 5) is 11.6. The number of methoxy groups -OCH3 is 1. The van der Waals surface area contributed by atoms with E-state index in [4.69, 9.17) is 4.74 Å². The molecule has 0 bridgehead atoms. The molecule has 4 heteroatoms. The minimum atomic E-state index is -0.0292. The number of carbonyl (C=O) groups is 1. The van der Waals surface area contributed by atoms with Crippen LogP contribution < -0.4 is 10.6 Å². The van der Waals surface area contributed by atoms with Crippen LogP contribution in [0.4, 0.5) is 0 Å². The largest absolute Gasteiger partial charge is 0.469 e. The summed E-state index contributed by atoms with van der Waals surface area (Å²) < 4.78 is 4.87. The Bertz CT molecular complexity index is 270. The summed E-state index contributed by atoms with van der Waals surface area (Å²) in [5.74, 6) is 0.786. The first-order chi connectivity index (χ1) is 8.20. The van der Waals surface area contributed by atoms with E-state index in [0.717, 1.165) is 25.9 Å². The minimum absolute atomic E-state index is 0.0292. The molecule has 0 aromatic rings. The maximum Gasteiger partial charge on any atom is 0.308 e. The van der Waals surface area contributed by atoms with Gasteiger partial charge in [-0.05, 0) is 51.6 Å². The Morgan fingerprint density at radius 1 is 1.18 bits per heavy atom. The predicted octanol–water partition coefficient (Wildman–Crippen LogP) is 0.916. The van der Waals surface area contributed by atoms with E-state index < -0.39 is 0 Å². The van der Waals surface area contributed by atoms with E-state index in [0.29, 0.717) is 18.0 Å². The molecule has 2 aliphatic heterocycles. The Labute approximate surface area is 103 Å². The molecule has 0 saturated carbocycles. The van der Waals surface area contributed by atoms with Gasteiger partial charge in [0, 0.05) is 12.1 Å². The lowest BCUT2D eigenvalue weighted by atomic mass is 9.80. The summed E-state index contributed by atoms with van der Waals surface area (Å²) in [6.07, 6.45) is 4.30. The van der Waals surface area contributed by atoms with Crippen LogP contribution in [-0.2, 0) is 9.53 Å². The molecule has 98 valence electrons. The van der Waals surface area contributed by atoms with E-state index in [-0.39, 0.29) is 11.9 Å². The van der Waals surface area contributed by atoms with Gasteiger partial charge in [-0.1, -0.05) is 0 Å². The van der Waals surface area contributed by atoms with Crippen LogP contribution in [0.1, 0.15) is 32.6 Å². The normalized spacial score (nSPS) is 38.7. The number of rotatable bonds is 2. The van der Waals surface area contributed by atoms with Gasteiger partial charge in [-0.3, -0.25) is 4.79 Å². The van der Waals surface area contributed by atoms with Crippen LogP contribution in [0.5, 0.6) is 0 Å². The molecule has 2 saturated heterocycles. The van der Waals surface area contributed by atoms with Crippen molar-refractivity contribution in [3.63, 3.8) is 0 Å². The fraction of sp³-hybridized carbons (Fsp3) is 0.923. The van der Waals surface area contributed by atoms with Gasteiger partial charge in [-0.25, -0.2) is 0 Å². The van der Waals surface area contributed by atoms with E-state index in [1.807, 2.05) is 0 Å². The molecular weight excluding hydrogens is 216 g/mol. The van der Waals surface area contributed by atoms with Crippen molar-refractivity contribution in [3.05, 3.63) is 0 Å². The lowest BCUT2D eigenvalue weighted by Gasteiger charge is -2.38. The Kier molecular flexibility index (Phi) is 4.40. The minimum Gasteiger partial charge on any atom is -0.469 e. The highest BCUT2D eigenvalue weighted by Gasteiger charge is 2.33. The SMILES string of the molecule is COC(=O)C1CCNC(C2CCNC(C)C2)C1. The standard InChI is InChI=1S/C13H24N2O2/c1-9-7-10(3-5-14-9)12-8-11(4-6-15-12)13(16)17-2/h9-12,14-15H,3-8H2,1-2H3. The lowest BCUT2D eigenvalue weighted by Crippen LogP contribution is -2.49. The molecule has 4 unspecified atom stereocenters. The van der Waals surface area contributed by atoms with E-state index >= 15 is 0 Å². The molecule has 2 N–H and O–H groups in total. The summed E-state index contributed by atoms with van der Waals surface area (Å²) in [5, 5.41) is 7.06. The third kappa shape index (κ3) is 3.19. The summed E-state index contributed by atoms with van der Waals surface area (Å²) >= 11 is 0. The van der Waals surface area contributed by atoms with Crippen LogP contribution in [0, 0.1) is 11.8 Å². The Morgan fingerprint density at radius 3 is 2.65 bits per heavy atom. The van der Waals surface area contributed by atoms with Gasteiger partial charge < -0.3 is 15.4 Å². The molecule has 17 heavy (non-hydrogen) atoms. The van der Waals surface area contributed by atoms with Crippen LogP contribution in [0.15, 0.2) is 0 Å². The molecule has 0 aromatic carbocycles. The Hall–Kier alpha value is -0.610. The summed E-state index contributed by atoms with van der Waals surface area (Å²) in [6.45, 7) is 4.29. The monoisotopic (exact) mass is 240 g/mol. The molecule has 0 spiro atoms. The first kappa shape index (κ1) is 12.8. The van der Waals surface area contributed by atoms with Gasteiger partial charge >= 0.3 is 5.97 Å². The maximum atomic E-state index is 11.6. The van der Waals surface area contributed by atoms with E-state index in [1.165, 1.54) is 20.0 Å². The van der Waals surface area contributed by atoms with Crippen molar-refractivity contribution >= 4 is 5.97 Å². The number of hydrogen-bond donors (Lipinski definition) is 2. The van der Waals surface area contributed by atoms with Crippen molar-refractivity contribution in [2.24, 2.45) is 11.8 Å². The smallest absolute Gasteiger partial charge is 0.308 e. The second kappa shape index (κ2) is 5.83. The molecule has 2 aliphatic rings.